The molecule has 0 radical (unpaired) electrons. The van der Waals surface area contributed by atoms with Crippen molar-refractivity contribution in [2.45, 2.75) is 6.92 Å². The van der Waals surface area contributed by atoms with Gasteiger partial charge in [-0.2, -0.15) is 13.1 Å². The van der Waals surface area contributed by atoms with Gasteiger partial charge in [0, 0.05) is 12.1 Å². The van der Waals surface area contributed by atoms with Crippen LogP contribution < -0.4 is 19.9 Å². The highest BCUT2D eigenvalue weighted by Gasteiger charge is 2.17. The van der Waals surface area contributed by atoms with E-state index < -0.39 is 10.2 Å². The predicted molar refractivity (Wildman–Crippen MR) is 71.7 cm³/mol. The second kappa shape index (κ2) is 6.25. The molecule has 19 heavy (non-hydrogen) atoms. The second-order valence-corrected chi connectivity index (χ2v) is 4.97. The smallest absolute Gasteiger partial charge is 0.299 e. The monoisotopic (exact) mass is 288 g/mol. The number of benzene rings is 1. The van der Waals surface area contributed by atoms with Gasteiger partial charge in [-0.25, -0.2) is 0 Å². The average Bonchev–Trinajstić information content (AvgIpc) is 2.37. The maximum Gasteiger partial charge on any atom is 0.299 e. The van der Waals surface area contributed by atoms with Gasteiger partial charge >= 0.3 is 0 Å². The van der Waals surface area contributed by atoms with E-state index in [2.05, 4.69) is 14.6 Å². The highest BCUT2D eigenvalue weighted by molar-refractivity contribution is 7.90. The molecule has 0 aliphatic heterocycles. The van der Waals surface area contributed by atoms with Crippen molar-refractivity contribution < 1.29 is 18.4 Å². The molecule has 0 saturated carbocycles. The van der Waals surface area contributed by atoms with Crippen LogP contribution in [0, 0.1) is 0 Å². The SMILES string of the molecule is CCNS(=O)(=O)Nc1c(OC)cccc1/C(N)=N/O. The van der Waals surface area contributed by atoms with Gasteiger partial charge in [-0.15, -0.1) is 0 Å². The molecule has 0 saturated heterocycles. The van der Waals surface area contributed by atoms with Crippen molar-refractivity contribution in [2.24, 2.45) is 10.9 Å². The van der Waals surface area contributed by atoms with E-state index in [0.717, 1.165) is 0 Å². The molecule has 0 spiro atoms. The highest BCUT2D eigenvalue weighted by atomic mass is 32.2. The van der Waals surface area contributed by atoms with Crippen molar-refractivity contribution in [3.8, 4) is 5.75 Å². The number of hydrogen-bond acceptors (Lipinski definition) is 5. The first-order valence-corrected chi connectivity index (χ1v) is 6.85. The number of ether oxygens (including phenoxy) is 1. The summed E-state index contributed by atoms with van der Waals surface area (Å²) in [5, 5.41) is 11.6. The van der Waals surface area contributed by atoms with Gasteiger partial charge < -0.3 is 15.7 Å². The van der Waals surface area contributed by atoms with Crippen molar-refractivity contribution in [1.82, 2.24) is 4.72 Å². The van der Waals surface area contributed by atoms with E-state index in [0.29, 0.717) is 0 Å². The lowest BCUT2D eigenvalue weighted by molar-refractivity contribution is 0.318. The minimum absolute atomic E-state index is 0.0984. The highest BCUT2D eigenvalue weighted by Crippen LogP contribution is 2.28. The number of nitrogens with zero attached hydrogens (tertiary/aromatic N) is 1. The number of nitrogens with two attached hydrogens (primary N) is 1. The number of methoxy groups -OCH3 is 1. The van der Waals surface area contributed by atoms with Crippen molar-refractivity contribution in [3.63, 3.8) is 0 Å². The molecule has 0 amide bonds. The normalized spacial score (nSPS) is 12.2. The summed E-state index contributed by atoms with van der Waals surface area (Å²) >= 11 is 0. The van der Waals surface area contributed by atoms with Crippen LogP contribution in [-0.2, 0) is 10.2 Å². The second-order valence-electron chi connectivity index (χ2n) is 3.47. The van der Waals surface area contributed by atoms with Crippen LogP contribution in [0.2, 0.25) is 0 Å². The molecule has 1 aromatic carbocycles. The zero-order valence-corrected chi connectivity index (χ0v) is 11.4. The first kappa shape index (κ1) is 15.1. The van der Waals surface area contributed by atoms with E-state index in [1.165, 1.54) is 13.2 Å². The van der Waals surface area contributed by atoms with Gasteiger partial charge in [-0.3, -0.25) is 4.72 Å². The molecule has 0 fully saturated rings. The molecule has 1 rings (SSSR count). The Bertz CT molecular complexity index is 571. The third-order valence-electron chi connectivity index (χ3n) is 2.20. The van der Waals surface area contributed by atoms with Crippen LogP contribution >= 0.6 is 0 Å². The van der Waals surface area contributed by atoms with Crippen LogP contribution in [0.4, 0.5) is 5.69 Å². The number of anilines is 1. The summed E-state index contributed by atoms with van der Waals surface area (Å²) in [7, 11) is -2.37. The summed E-state index contributed by atoms with van der Waals surface area (Å²) in [5.74, 6) is 0.0266. The quantitative estimate of drug-likeness (QED) is 0.255. The van der Waals surface area contributed by atoms with E-state index in [-0.39, 0.29) is 29.4 Å². The molecule has 0 bridgehead atoms. The Morgan fingerprint density at radius 3 is 2.74 bits per heavy atom. The van der Waals surface area contributed by atoms with Gasteiger partial charge in [-0.1, -0.05) is 18.1 Å². The zero-order valence-electron chi connectivity index (χ0n) is 10.5. The molecule has 8 nitrogen and oxygen atoms in total. The lowest BCUT2D eigenvalue weighted by Gasteiger charge is -2.15. The van der Waals surface area contributed by atoms with Crippen LogP contribution in [0.3, 0.4) is 0 Å². The van der Waals surface area contributed by atoms with E-state index in [9.17, 15) is 8.42 Å². The average molecular weight is 288 g/mol. The number of amidine groups is 1. The predicted octanol–water partition coefficient (Wildman–Crippen LogP) is 0.0559. The van der Waals surface area contributed by atoms with Crippen molar-refractivity contribution in [3.05, 3.63) is 23.8 Å². The minimum atomic E-state index is -3.75. The molecule has 0 aromatic heterocycles. The Labute approximate surface area is 111 Å². The number of hydrogen-bond donors (Lipinski definition) is 4. The molecule has 0 aliphatic rings. The first-order chi connectivity index (χ1) is 8.95. The third-order valence-corrected chi connectivity index (χ3v) is 3.34. The molecular formula is C10H16N4O4S. The van der Waals surface area contributed by atoms with E-state index in [1.54, 1.807) is 19.1 Å². The molecule has 0 heterocycles. The van der Waals surface area contributed by atoms with Gasteiger partial charge in [0.1, 0.15) is 11.4 Å². The molecule has 106 valence electrons. The largest absolute Gasteiger partial charge is 0.495 e. The van der Waals surface area contributed by atoms with Gasteiger partial charge in [0.15, 0.2) is 5.84 Å². The first-order valence-electron chi connectivity index (χ1n) is 5.37. The summed E-state index contributed by atoms with van der Waals surface area (Å²) in [6, 6.07) is 4.65. The molecule has 5 N–H and O–H groups in total. The topological polar surface area (TPSA) is 126 Å². The maximum atomic E-state index is 11.7. The fourth-order valence-electron chi connectivity index (χ4n) is 1.43. The van der Waals surface area contributed by atoms with Crippen LogP contribution in [0.1, 0.15) is 12.5 Å². The van der Waals surface area contributed by atoms with Gasteiger partial charge in [0.05, 0.1) is 7.11 Å². The fourth-order valence-corrected chi connectivity index (χ4v) is 2.37. The van der Waals surface area contributed by atoms with E-state index in [1.807, 2.05) is 0 Å². The van der Waals surface area contributed by atoms with Crippen LogP contribution in [-0.4, -0.2) is 33.1 Å². The Morgan fingerprint density at radius 2 is 2.21 bits per heavy atom. The number of oxime groups is 1. The van der Waals surface area contributed by atoms with Gasteiger partial charge in [0.25, 0.3) is 10.2 Å². The summed E-state index contributed by atoms with van der Waals surface area (Å²) in [6.45, 7) is 1.87. The minimum Gasteiger partial charge on any atom is -0.495 e. The molecule has 0 atom stereocenters. The lowest BCUT2D eigenvalue weighted by atomic mass is 10.1. The molecular weight excluding hydrogens is 272 g/mol. The van der Waals surface area contributed by atoms with Crippen molar-refractivity contribution in [2.75, 3.05) is 18.4 Å². The number of rotatable bonds is 6. The van der Waals surface area contributed by atoms with Crippen molar-refractivity contribution >= 4 is 21.7 Å². The van der Waals surface area contributed by atoms with E-state index >= 15 is 0 Å². The number of nitrogens with one attached hydrogen (secondary N) is 2. The number of para-hydroxylation sites is 1. The van der Waals surface area contributed by atoms with Gasteiger partial charge in [-0.05, 0) is 12.1 Å². The molecule has 0 unspecified atom stereocenters. The van der Waals surface area contributed by atoms with Crippen molar-refractivity contribution in [1.29, 1.82) is 0 Å². The standard InChI is InChI=1S/C10H16N4O4S/c1-3-12-19(16,17)14-9-7(10(11)13-15)5-4-6-8(9)18-2/h4-6,12,14-15H,3H2,1-2H3,(H2,11,13). The fraction of sp³-hybridized carbons (Fsp3) is 0.300. The summed E-state index contributed by atoms with van der Waals surface area (Å²) in [4.78, 5) is 0. The molecule has 9 heteroatoms. The Balaban J connectivity index is 3.31. The third kappa shape index (κ3) is 3.73. The summed E-state index contributed by atoms with van der Waals surface area (Å²) < 4.78 is 33.0. The Morgan fingerprint density at radius 1 is 1.53 bits per heavy atom. The maximum absolute atomic E-state index is 11.7. The van der Waals surface area contributed by atoms with Gasteiger partial charge in [0.2, 0.25) is 0 Å². The molecule has 0 aliphatic carbocycles. The summed E-state index contributed by atoms with van der Waals surface area (Å²) in [5.41, 5.74) is 5.81. The van der Waals surface area contributed by atoms with Crippen LogP contribution in [0.25, 0.3) is 0 Å². The Kier molecular flexibility index (Phi) is 4.95. The van der Waals surface area contributed by atoms with Crippen LogP contribution in [0.5, 0.6) is 5.75 Å². The lowest BCUT2D eigenvalue weighted by Crippen LogP contribution is -2.31. The Hall–Kier alpha value is -2.00. The van der Waals surface area contributed by atoms with E-state index in [4.69, 9.17) is 15.7 Å². The summed E-state index contributed by atoms with van der Waals surface area (Å²) in [6.07, 6.45) is 0. The zero-order chi connectivity index (χ0) is 14.5. The van der Waals surface area contributed by atoms with Crippen LogP contribution in [0.15, 0.2) is 23.4 Å². The molecule has 1 aromatic rings.